The Kier molecular flexibility index (Phi) is 3.94. The van der Waals surface area contributed by atoms with Gasteiger partial charge in [-0.15, -0.1) is 18.2 Å². The first-order valence-electron chi connectivity index (χ1n) is 3.51. The second kappa shape index (κ2) is 5.04. The maximum Gasteiger partial charge on any atom is 0.261 e. The number of terminal acetylenes is 1. The predicted molar refractivity (Wildman–Crippen MR) is 47.2 cm³/mol. The van der Waals surface area contributed by atoms with Crippen molar-refractivity contribution in [1.29, 1.82) is 0 Å². The van der Waals surface area contributed by atoms with Crippen LogP contribution in [0.2, 0.25) is 0 Å². The molecule has 0 aromatic carbocycles. The second-order valence-corrected chi connectivity index (χ2v) is 3.26. The van der Waals surface area contributed by atoms with Crippen LogP contribution < -0.4 is 10.8 Å². The molecule has 0 saturated carbocycles. The lowest BCUT2D eigenvalue weighted by atomic mass is 10.3. The van der Waals surface area contributed by atoms with Crippen LogP contribution in [0.1, 0.15) is 0 Å². The minimum atomic E-state index is -0.157. The van der Waals surface area contributed by atoms with Crippen molar-refractivity contribution in [3.8, 4) is 12.3 Å². The lowest BCUT2D eigenvalue weighted by Gasteiger charge is -2.08. The van der Waals surface area contributed by atoms with E-state index in [0.29, 0.717) is 0 Å². The lowest BCUT2D eigenvalue weighted by Crippen LogP contribution is -2.41. The van der Waals surface area contributed by atoms with Gasteiger partial charge in [-0.3, -0.25) is 14.9 Å². The molecule has 1 aliphatic rings. The van der Waals surface area contributed by atoms with Crippen molar-refractivity contribution in [3.05, 3.63) is 0 Å². The highest BCUT2D eigenvalue weighted by molar-refractivity contribution is 7.99. The average molecular weight is 186 g/mol. The Morgan fingerprint density at radius 1 is 1.92 bits per heavy atom. The fourth-order valence-corrected chi connectivity index (χ4v) is 1.73. The molecule has 1 amide bonds. The van der Waals surface area contributed by atoms with Gasteiger partial charge in [-0.1, -0.05) is 5.92 Å². The van der Waals surface area contributed by atoms with Gasteiger partial charge in [0, 0.05) is 11.6 Å². The summed E-state index contributed by atoms with van der Waals surface area (Å²) in [6.45, 7) is 0.103. The number of hydroxylamine groups is 1. The van der Waals surface area contributed by atoms with Gasteiger partial charge >= 0.3 is 0 Å². The molecule has 0 aromatic rings. The summed E-state index contributed by atoms with van der Waals surface area (Å²) in [5.41, 5.74) is 2.27. The third-order valence-electron chi connectivity index (χ3n) is 1.36. The molecule has 0 aliphatic carbocycles. The Hall–Kier alpha value is -0.700. The molecule has 0 radical (unpaired) electrons. The van der Waals surface area contributed by atoms with E-state index in [1.807, 2.05) is 0 Å². The van der Waals surface area contributed by atoms with Gasteiger partial charge in [0.15, 0.2) is 0 Å². The molecule has 0 bridgehead atoms. The Bertz CT molecular complexity index is 196. The minimum absolute atomic E-state index is 0.103. The molecule has 1 saturated heterocycles. The maximum absolute atomic E-state index is 11.1. The van der Waals surface area contributed by atoms with Crippen molar-refractivity contribution in [2.24, 2.45) is 0 Å². The molecule has 4 nitrogen and oxygen atoms in total. The second-order valence-electron chi connectivity index (χ2n) is 2.23. The highest BCUT2D eigenvalue weighted by Crippen LogP contribution is 2.08. The van der Waals surface area contributed by atoms with Crippen LogP contribution >= 0.6 is 11.8 Å². The molecule has 1 aliphatic heterocycles. The first-order valence-corrected chi connectivity index (χ1v) is 4.66. The molecule has 2 N–H and O–H groups in total. The van der Waals surface area contributed by atoms with Gasteiger partial charge in [-0.05, 0) is 0 Å². The molecule has 1 heterocycles. The van der Waals surface area contributed by atoms with E-state index in [4.69, 9.17) is 6.42 Å². The molecular weight excluding hydrogens is 176 g/mol. The summed E-state index contributed by atoms with van der Waals surface area (Å²) in [6, 6.07) is -0.146. The zero-order valence-electron chi connectivity index (χ0n) is 6.50. The summed E-state index contributed by atoms with van der Waals surface area (Å²) in [5, 5.41) is 3.00. The summed E-state index contributed by atoms with van der Waals surface area (Å²) in [5.74, 6) is 3.69. The molecular formula is C7H10N2O2S. The van der Waals surface area contributed by atoms with Gasteiger partial charge in [-0.25, -0.2) is 5.48 Å². The average Bonchev–Trinajstić information content (AvgIpc) is 2.56. The smallest absolute Gasteiger partial charge is 0.261 e. The van der Waals surface area contributed by atoms with Crippen LogP contribution in [-0.2, 0) is 9.63 Å². The molecule has 0 aromatic heterocycles. The quantitative estimate of drug-likeness (QED) is 0.349. The van der Waals surface area contributed by atoms with Crippen LogP contribution in [0.15, 0.2) is 0 Å². The van der Waals surface area contributed by atoms with Crippen molar-refractivity contribution >= 4 is 17.7 Å². The summed E-state index contributed by atoms with van der Waals surface area (Å²) >= 11 is 1.68. The van der Waals surface area contributed by atoms with Crippen molar-refractivity contribution in [3.63, 3.8) is 0 Å². The number of rotatable bonds is 3. The Balaban J connectivity index is 2.15. The number of carbonyl (C=O) groups is 1. The van der Waals surface area contributed by atoms with Crippen LogP contribution in [0.25, 0.3) is 0 Å². The van der Waals surface area contributed by atoms with Crippen LogP contribution in [0.3, 0.4) is 0 Å². The molecule has 5 heteroatoms. The van der Waals surface area contributed by atoms with E-state index in [2.05, 4.69) is 21.6 Å². The fraction of sp³-hybridized carbons (Fsp3) is 0.571. The third kappa shape index (κ3) is 2.74. The molecule has 12 heavy (non-hydrogen) atoms. The van der Waals surface area contributed by atoms with E-state index in [0.717, 1.165) is 11.6 Å². The van der Waals surface area contributed by atoms with E-state index in [1.54, 1.807) is 11.8 Å². The van der Waals surface area contributed by atoms with Crippen LogP contribution in [0.5, 0.6) is 0 Å². The zero-order chi connectivity index (χ0) is 8.81. The van der Waals surface area contributed by atoms with E-state index < -0.39 is 0 Å². The number of thioether (sulfide) groups is 1. The summed E-state index contributed by atoms with van der Waals surface area (Å²) < 4.78 is 0. The van der Waals surface area contributed by atoms with E-state index in [1.165, 1.54) is 0 Å². The molecule has 0 spiro atoms. The Morgan fingerprint density at radius 2 is 2.75 bits per heavy atom. The maximum atomic E-state index is 11.1. The SMILES string of the molecule is C#CCONC(=O)C1CSCN1. The normalized spacial score (nSPS) is 21.8. The number of hydrogen-bond donors (Lipinski definition) is 2. The molecule has 1 fully saturated rings. The number of hydrogen-bond acceptors (Lipinski definition) is 4. The van der Waals surface area contributed by atoms with Crippen molar-refractivity contribution in [1.82, 2.24) is 10.8 Å². The van der Waals surface area contributed by atoms with E-state index in [-0.39, 0.29) is 18.6 Å². The Morgan fingerprint density at radius 3 is 3.33 bits per heavy atom. The standard InChI is InChI=1S/C7H10N2O2S/c1-2-3-11-9-7(10)6-4-12-5-8-6/h1,6,8H,3-5H2,(H,9,10). The first kappa shape index (κ1) is 9.39. The summed E-state index contributed by atoms with van der Waals surface area (Å²) in [6.07, 6.45) is 4.92. The van der Waals surface area contributed by atoms with Crippen LogP contribution in [-0.4, -0.2) is 30.2 Å². The summed E-state index contributed by atoms with van der Waals surface area (Å²) in [7, 11) is 0. The lowest BCUT2D eigenvalue weighted by molar-refractivity contribution is -0.133. The fourth-order valence-electron chi connectivity index (χ4n) is 0.784. The zero-order valence-corrected chi connectivity index (χ0v) is 7.32. The van der Waals surface area contributed by atoms with E-state index in [9.17, 15) is 4.79 Å². The van der Waals surface area contributed by atoms with Crippen molar-refractivity contribution in [2.45, 2.75) is 6.04 Å². The molecule has 1 rings (SSSR count). The Labute approximate surface area is 75.4 Å². The van der Waals surface area contributed by atoms with Gasteiger partial charge in [-0.2, -0.15) is 0 Å². The van der Waals surface area contributed by atoms with Gasteiger partial charge in [0.2, 0.25) is 0 Å². The van der Waals surface area contributed by atoms with Gasteiger partial charge in [0.25, 0.3) is 5.91 Å². The first-order chi connectivity index (χ1) is 5.84. The predicted octanol–water partition coefficient (Wildman–Crippen LogP) is -0.670. The van der Waals surface area contributed by atoms with Crippen molar-refractivity contribution < 1.29 is 9.63 Å². The van der Waals surface area contributed by atoms with Gasteiger partial charge in [0.1, 0.15) is 6.61 Å². The number of carbonyl (C=O) groups excluding carboxylic acids is 1. The topological polar surface area (TPSA) is 50.4 Å². The number of amides is 1. The largest absolute Gasteiger partial charge is 0.296 e. The third-order valence-corrected chi connectivity index (χ3v) is 2.30. The molecule has 1 atom stereocenters. The van der Waals surface area contributed by atoms with Crippen LogP contribution in [0, 0.1) is 12.3 Å². The van der Waals surface area contributed by atoms with Gasteiger partial charge in [0.05, 0.1) is 6.04 Å². The monoisotopic (exact) mass is 186 g/mol. The van der Waals surface area contributed by atoms with Gasteiger partial charge < -0.3 is 0 Å². The summed E-state index contributed by atoms with van der Waals surface area (Å²) in [4.78, 5) is 15.8. The minimum Gasteiger partial charge on any atom is -0.296 e. The highest BCUT2D eigenvalue weighted by atomic mass is 32.2. The van der Waals surface area contributed by atoms with E-state index >= 15 is 0 Å². The molecule has 66 valence electrons. The van der Waals surface area contributed by atoms with Crippen molar-refractivity contribution in [2.75, 3.05) is 18.2 Å². The highest BCUT2D eigenvalue weighted by Gasteiger charge is 2.22. The van der Waals surface area contributed by atoms with Crippen LogP contribution in [0.4, 0.5) is 0 Å². The number of nitrogens with one attached hydrogen (secondary N) is 2. The molecule has 1 unspecified atom stereocenters.